The highest BCUT2D eigenvalue weighted by Gasteiger charge is 2.32. The lowest BCUT2D eigenvalue weighted by molar-refractivity contribution is 0.185. The molecule has 2 rings (SSSR count). The van der Waals surface area contributed by atoms with Crippen molar-refractivity contribution in [3.8, 4) is 0 Å². The van der Waals surface area contributed by atoms with Crippen molar-refractivity contribution in [3.63, 3.8) is 0 Å². The Labute approximate surface area is 101 Å². The van der Waals surface area contributed by atoms with Crippen molar-refractivity contribution in [3.05, 3.63) is 0 Å². The molecule has 0 bridgehead atoms. The number of likely N-dealkylation sites (tertiary alicyclic amines) is 1. The molecule has 2 nitrogen and oxygen atoms in total. The van der Waals surface area contributed by atoms with Crippen molar-refractivity contribution in [2.75, 3.05) is 19.6 Å². The van der Waals surface area contributed by atoms with Gasteiger partial charge in [0.25, 0.3) is 0 Å². The van der Waals surface area contributed by atoms with Crippen LogP contribution in [0.2, 0.25) is 0 Å². The van der Waals surface area contributed by atoms with E-state index in [1.54, 1.807) is 0 Å². The Kier molecular flexibility index (Phi) is 4.66. The monoisotopic (exact) mass is 224 g/mol. The first-order valence-electron chi connectivity index (χ1n) is 7.31. The molecule has 2 unspecified atom stereocenters. The van der Waals surface area contributed by atoms with Gasteiger partial charge in [-0.2, -0.15) is 0 Å². The molecule has 2 fully saturated rings. The Morgan fingerprint density at radius 3 is 2.69 bits per heavy atom. The molecule has 1 N–H and O–H groups in total. The summed E-state index contributed by atoms with van der Waals surface area (Å²) in [5.74, 6) is 1.01. The quantitative estimate of drug-likeness (QED) is 0.746. The van der Waals surface area contributed by atoms with E-state index < -0.39 is 0 Å². The number of hydrogen-bond donors (Lipinski definition) is 1. The second kappa shape index (κ2) is 6.02. The highest BCUT2D eigenvalue weighted by atomic mass is 15.2. The summed E-state index contributed by atoms with van der Waals surface area (Å²) in [6.45, 7) is 8.42. The topological polar surface area (TPSA) is 15.3 Å². The molecule has 0 radical (unpaired) electrons. The van der Waals surface area contributed by atoms with Crippen LogP contribution in [-0.2, 0) is 0 Å². The summed E-state index contributed by atoms with van der Waals surface area (Å²) in [6.07, 6.45) is 8.44. The average Bonchev–Trinajstić information content (AvgIpc) is 3.13. The van der Waals surface area contributed by atoms with Crippen LogP contribution in [0.5, 0.6) is 0 Å². The fraction of sp³-hybridized carbons (Fsp3) is 1.00. The second-order valence-corrected chi connectivity index (χ2v) is 5.63. The van der Waals surface area contributed by atoms with Crippen LogP contribution in [0, 0.1) is 5.92 Å². The van der Waals surface area contributed by atoms with Crippen LogP contribution < -0.4 is 5.32 Å². The van der Waals surface area contributed by atoms with Crippen molar-refractivity contribution in [2.45, 2.75) is 64.5 Å². The van der Waals surface area contributed by atoms with E-state index in [-0.39, 0.29) is 0 Å². The zero-order valence-electron chi connectivity index (χ0n) is 11.0. The molecular weight excluding hydrogens is 196 g/mol. The molecule has 1 saturated heterocycles. The van der Waals surface area contributed by atoms with Crippen molar-refractivity contribution in [1.82, 2.24) is 10.2 Å². The maximum atomic E-state index is 3.94. The first-order chi connectivity index (χ1) is 7.83. The fourth-order valence-electron chi connectivity index (χ4n) is 3.05. The van der Waals surface area contributed by atoms with Gasteiger partial charge in [-0.3, -0.25) is 0 Å². The largest absolute Gasteiger partial charge is 0.310 e. The van der Waals surface area contributed by atoms with E-state index in [4.69, 9.17) is 0 Å². The summed E-state index contributed by atoms with van der Waals surface area (Å²) in [6, 6.07) is 1.60. The number of likely N-dealkylation sites (N-methyl/N-ethyl adjacent to an activating group) is 1. The van der Waals surface area contributed by atoms with E-state index in [0.717, 1.165) is 18.0 Å². The highest BCUT2D eigenvalue weighted by Crippen LogP contribution is 2.35. The van der Waals surface area contributed by atoms with Crippen LogP contribution in [0.25, 0.3) is 0 Å². The fourth-order valence-corrected chi connectivity index (χ4v) is 3.05. The van der Waals surface area contributed by atoms with Crippen LogP contribution in [0.4, 0.5) is 0 Å². The summed E-state index contributed by atoms with van der Waals surface area (Å²) in [4.78, 5) is 2.59. The molecule has 0 aromatic heterocycles. The maximum absolute atomic E-state index is 3.94. The SMILES string of the molecule is CCCC(NC1CCCN(CC)C1)C1CC1. The van der Waals surface area contributed by atoms with Gasteiger partial charge in [0.1, 0.15) is 0 Å². The number of nitrogens with one attached hydrogen (secondary N) is 1. The van der Waals surface area contributed by atoms with Gasteiger partial charge in [0.15, 0.2) is 0 Å². The molecule has 1 heterocycles. The van der Waals surface area contributed by atoms with Crippen LogP contribution in [-0.4, -0.2) is 36.6 Å². The molecule has 1 aliphatic heterocycles. The standard InChI is InChI=1S/C14H28N2/c1-3-6-14(12-8-9-12)15-13-7-5-10-16(4-2)11-13/h12-15H,3-11H2,1-2H3. The predicted molar refractivity (Wildman–Crippen MR) is 69.7 cm³/mol. The molecule has 2 atom stereocenters. The molecule has 1 aliphatic carbocycles. The molecule has 0 spiro atoms. The number of rotatable bonds is 6. The van der Waals surface area contributed by atoms with Gasteiger partial charge in [0.05, 0.1) is 0 Å². The third-order valence-electron chi connectivity index (χ3n) is 4.19. The zero-order chi connectivity index (χ0) is 11.4. The third-order valence-corrected chi connectivity index (χ3v) is 4.19. The van der Waals surface area contributed by atoms with Gasteiger partial charge >= 0.3 is 0 Å². The van der Waals surface area contributed by atoms with Crippen LogP contribution >= 0.6 is 0 Å². The van der Waals surface area contributed by atoms with E-state index in [1.807, 2.05) is 0 Å². The van der Waals surface area contributed by atoms with Crippen molar-refractivity contribution < 1.29 is 0 Å². The molecule has 16 heavy (non-hydrogen) atoms. The minimum absolute atomic E-state index is 0.769. The Morgan fingerprint density at radius 1 is 1.25 bits per heavy atom. The molecule has 1 saturated carbocycles. The van der Waals surface area contributed by atoms with E-state index in [9.17, 15) is 0 Å². The minimum Gasteiger partial charge on any atom is -0.310 e. The van der Waals surface area contributed by atoms with Gasteiger partial charge in [-0.05, 0) is 51.1 Å². The maximum Gasteiger partial charge on any atom is 0.0198 e. The Balaban J connectivity index is 1.77. The van der Waals surface area contributed by atoms with E-state index in [1.165, 1.54) is 58.2 Å². The lowest BCUT2D eigenvalue weighted by atomic mass is 10.0. The number of hydrogen-bond acceptors (Lipinski definition) is 2. The lowest BCUT2D eigenvalue weighted by Crippen LogP contribution is -2.49. The van der Waals surface area contributed by atoms with Gasteiger partial charge in [-0.15, -0.1) is 0 Å². The molecule has 0 aromatic rings. The smallest absolute Gasteiger partial charge is 0.0198 e. The van der Waals surface area contributed by atoms with Crippen molar-refractivity contribution in [2.24, 2.45) is 5.92 Å². The van der Waals surface area contributed by atoms with Gasteiger partial charge in [-0.25, -0.2) is 0 Å². The normalized spacial score (nSPS) is 29.2. The van der Waals surface area contributed by atoms with Crippen LogP contribution in [0.15, 0.2) is 0 Å². The van der Waals surface area contributed by atoms with Gasteiger partial charge in [0.2, 0.25) is 0 Å². The van der Waals surface area contributed by atoms with Crippen molar-refractivity contribution in [1.29, 1.82) is 0 Å². The summed E-state index contributed by atoms with van der Waals surface area (Å²) in [5, 5.41) is 3.94. The Bertz CT molecular complexity index is 201. The molecule has 94 valence electrons. The molecule has 2 aliphatic rings. The number of nitrogens with zero attached hydrogens (tertiary/aromatic N) is 1. The summed E-state index contributed by atoms with van der Waals surface area (Å²) in [5.41, 5.74) is 0. The molecule has 0 aromatic carbocycles. The lowest BCUT2D eigenvalue weighted by Gasteiger charge is -2.35. The van der Waals surface area contributed by atoms with Gasteiger partial charge < -0.3 is 10.2 Å². The molecular formula is C14H28N2. The van der Waals surface area contributed by atoms with Gasteiger partial charge in [-0.1, -0.05) is 20.3 Å². The molecule has 0 amide bonds. The summed E-state index contributed by atoms with van der Waals surface area (Å²) < 4.78 is 0. The van der Waals surface area contributed by atoms with Gasteiger partial charge in [0, 0.05) is 18.6 Å². The second-order valence-electron chi connectivity index (χ2n) is 5.63. The first kappa shape index (κ1) is 12.4. The first-order valence-corrected chi connectivity index (χ1v) is 7.31. The Hall–Kier alpha value is -0.0800. The van der Waals surface area contributed by atoms with Crippen molar-refractivity contribution >= 4 is 0 Å². The summed E-state index contributed by atoms with van der Waals surface area (Å²) >= 11 is 0. The summed E-state index contributed by atoms with van der Waals surface area (Å²) in [7, 11) is 0. The van der Waals surface area contributed by atoms with Crippen LogP contribution in [0.1, 0.15) is 52.4 Å². The molecule has 2 heteroatoms. The van der Waals surface area contributed by atoms with E-state index in [0.29, 0.717) is 0 Å². The third kappa shape index (κ3) is 3.46. The average molecular weight is 224 g/mol. The van der Waals surface area contributed by atoms with Crippen LogP contribution in [0.3, 0.4) is 0 Å². The minimum atomic E-state index is 0.769. The predicted octanol–water partition coefficient (Wildman–Crippen LogP) is 2.64. The number of piperidine rings is 1. The van der Waals surface area contributed by atoms with E-state index >= 15 is 0 Å². The Morgan fingerprint density at radius 2 is 2.06 bits per heavy atom. The zero-order valence-corrected chi connectivity index (χ0v) is 11.0. The highest BCUT2D eigenvalue weighted by molar-refractivity contribution is 4.90. The van der Waals surface area contributed by atoms with E-state index in [2.05, 4.69) is 24.1 Å².